The number of nitrogens with one attached hydrogen (secondary N) is 1. The predicted octanol–water partition coefficient (Wildman–Crippen LogP) is 5.87. The molecule has 1 aliphatic carbocycles. The number of carbonyl (C=O) groups excluding carboxylic acids is 2. The number of halogens is 3. The van der Waals surface area contributed by atoms with E-state index in [4.69, 9.17) is 4.74 Å². The molecular formula is C31H31F3N2O3. The largest absolute Gasteiger partial charge is 0.465 e. The molecule has 5 nitrogen and oxygen atoms in total. The second kappa shape index (κ2) is 11.2. The third-order valence-corrected chi connectivity index (χ3v) is 7.70. The van der Waals surface area contributed by atoms with E-state index in [-0.39, 0.29) is 24.3 Å². The number of amides is 1. The molecule has 8 heteroatoms. The average molecular weight is 537 g/mol. The fourth-order valence-electron chi connectivity index (χ4n) is 5.51. The van der Waals surface area contributed by atoms with E-state index in [1.807, 2.05) is 53.4 Å². The van der Waals surface area contributed by atoms with Crippen molar-refractivity contribution in [2.45, 2.75) is 44.4 Å². The normalized spacial score (nSPS) is 18.8. The maximum Gasteiger partial charge on any atom is 0.390 e. The first-order valence-electron chi connectivity index (χ1n) is 13.2. The molecule has 39 heavy (non-hydrogen) atoms. The van der Waals surface area contributed by atoms with Crippen molar-refractivity contribution in [1.82, 2.24) is 10.2 Å². The molecule has 2 aliphatic rings. The van der Waals surface area contributed by atoms with Gasteiger partial charge in [0, 0.05) is 32.1 Å². The Bertz CT molecular complexity index is 1360. The minimum absolute atomic E-state index is 0.00260. The highest BCUT2D eigenvalue weighted by Crippen LogP contribution is 2.47. The Kier molecular flexibility index (Phi) is 7.75. The summed E-state index contributed by atoms with van der Waals surface area (Å²) in [5, 5.41) is 3.07. The van der Waals surface area contributed by atoms with Crippen LogP contribution in [0.2, 0.25) is 0 Å². The zero-order valence-corrected chi connectivity index (χ0v) is 21.8. The van der Waals surface area contributed by atoms with Crippen molar-refractivity contribution < 1.29 is 27.5 Å². The number of ether oxygens (including phenoxy) is 1. The third kappa shape index (κ3) is 6.33. The van der Waals surface area contributed by atoms with E-state index in [2.05, 4.69) is 5.32 Å². The van der Waals surface area contributed by atoms with Crippen LogP contribution in [0.4, 0.5) is 13.2 Å². The fraction of sp³-hybridized carbons (Fsp3) is 0.355. The minimum Gasteiger partial charge on any atom is -0.465 e. The lowest BCUT2D eigenvalue weighted by Gasteiger charge is -2.32. The van der Waals surface area contributed by atoms with Crippen molar-refractivity contribution in [1.29, 1.82) is 0 Å². The molecule has 0 unspecified atom stereocenters. The lowest BCUT2D eigenvalue weighted by atomic mass is 9.87. The molecule has 204 valence electrons. The summed E-state index contributed by atoms with van der Waals surface area (Å²) in [5.41, 5.74) is 6.26. The molecule has 3 aromatic carbocycles. The summed E-state index contributed by atoms with van der Waals surface area (Å²) < 4.78 is 43.7. The van der Waals surface area contributed by atoms with Crippen LogP contribution in [-0.4, -0.2) is 43.2 Å². The van der Waals surface area contributed by atoms with Gasteiger partial charge in [0.1, 0.15) is 0 Å². The zero-order chi connectivity index (χ0) is 27.6. The number of nitrogens with zero attached hydrogens (tertiary/aromatic N) is 1. The predicted molar refractivity (Wildman–Crippen MR) is 142 cm³/mol. The van der Waals surface area contributed by atoms with Crippen LogP contribution >= 0.6 is 0 Å². The number of methoxy groups -OCH3 is 1. The van der Waals surface area contributed by atoms with Crippen molar-refractivity contribution in [3.8, 4) is 11.1 Å². The summed E-state index contributed by atoms with van der Waals surface area (Å²) >= 11 is 0. The van der Waals surface area contributed by atoms with E-state index in [0.717, 1.165) is 39.8 Å². The number of carbonyl (C=O) groups is 2. The molecule has 2 atom stereocenters. The summed E-state index contributed by atoms with van der Waals surface area (Å²) in [7, 11) is 1.33. The molecule has 1 saturated carbocycles. The first-order valence-corrected chi connectivity index (χ1v) is 13.2. The first kappa shape index (κ1) is 26.9. The molecule has 0 aromatic heterocycles. The summed E-state index contributed by atoms with van der Waals surface area (Å²) in [4.78, 5) is 26.9. The maximum absolute atomic E-state index is 12.9. The van der Waals surface area contributed by atoms with Gasteiger partial charge in [-0.05, 0) is 64.3 Å². The molecule has 3 aromatic rings. The summed E-state index contributed by atoms with van der Waals surface area (Å²) in [5.74, 6) is -0.274. The van der Waals surface area contributed by atoms with Gasteiger partial charge in [0.15, 0.2) is 0 Å². The topological polar surface area (TPSA) is 58.6 Å². The van der Waals surface area contributed by atoms with Crippen LogP contribution in [0.5, 0.6) is 0 Å². The lowest BCUT2D eigenvalue weighted by molar-refractivity contribution is -0.138. The Morgan fingerprint density at radius 1 is 1.03 bits per heavy atom. The number of rotatable bonds is 8. The van der Waals surface area contributed by atoms with E-state index in [0.29, 0.717) is 31.6 Å². The first-order chi connectivity index (χ1) is 18.7. The number of hydrogen-bond donors (Lipinski definition) is 1. The molecule has 1 amide bonds. The Balaban J connectivity index is 1.38. The number of hydrogen-bond acceptors (Lipinski definition) is 4. The highest BCUT2D eigenvalue weighted by Gasteiger charge is 2.43. The van der Waals surface area contributed by atoms with Gasteiger partial charge in [-0.15, -0.1) is 0 Å². The standard InChI is InChI=1S/C31H31F3N2O3/c1-39-30(38)22-9-5-8-21(16-22)24-11-10-23(28-19-36(14-12-25(24)28)15-13-31(32,33)34)18-35-29(37)27-17-26(27)20-6-3-2-4-7-20/h2-11,16,26-27H,12-15,17-19H2,1H3,(H,35,37)/t26-,27-/m1/s1. The molecule has 5 rings (SSSR count). The van der Waals surface area contributed by atoms with Crippen molar-refractivity contribution in [2.75, 3.05) is 20.2 Å². The highest BCUT2D eigenvalue weighted by atomic mass is 19.4. The summed E-state index contributed by atoms with van der Waals surface area (Å²) in [6.45, 7) is 1.12. The summed E-state index contributed by atoms with van der Waals surface area (Å²) in [6.07, 6.45) is -3.69. The second-order valence-corrected chi connectivity index (χ2v) is 10.3. The maximum atomic E-state index is 12.9. The van der Waals surface area contributed by atoms with Gasteiger partial charge in [-0.2, -0.15) is 13.2 Å². The van der Waals surface area contributed by atoms with Gasteiger partial charge in [-0.3, -0.25) is 9.69 Å². The fourth-order valence-corrected chi connectivity index (χ4v) is 5.51. The van der Waals surface area contributed by atoms with Crippen LogP contribution < -0.4 is 5.32 Å². The quantitative estimate of drug-likeness (QED) is 0.366. The Labute approximate surface area is 226 Å². The molecule has 1 aliphatic heterocycles. The van der Waals surface area contributed by atoms with Crippen molar-refractivity contribution in [3.05, 3.63) is 94.5 Å². The number of alkyl halides is 3. The van der Waals surface area contributed by atoms with Crippen LogP contribution in [0.1, 0.15) is 51.4 Å². The average Bonchev–Trinajstić information content (AvgIpc) is 3.75. The molecule has 0 radical (unpaired) electrons. The highest BCUT2D eigenvalue weighted by molar-refractivity contribution is 5.91. The SMILES string of the molecule is COC(=O)c1cccc(-c2ccc(CNC(=O)[C@@H]3C[C@@H]3c3ccccc3)c3c2CCN(CCC(F)(F)F)C3)c1. The molecule has 1 heterocycles. The number of esters is 1. The van der Waals surface area contributed by atoms with E-state index in [1.54, 1.807) is 18.2 Å². The van der Waals surface area contributed by atoms with Crippen molar-refractivity contribution in [2.24, 2.45) is 5.92 Å². The van der Waals surface area contributed by atoms with Crippen LogP contribution in [0.3, 0.4) is 0 Å². The smallest absolute Gasteiger partial charge is 0.390 e. The van der Waals surface area contributed by atoms with Gasteiger partial charge in [-0.1, -0.05) is 54.6 Å². The van der Waals surface area contributed by atoms with E-state index < -0.39 is 18.6 Å². The monoisotopic (exact) mass is 536 g/mol. The van der Waals surface area contributed by atoms with Gasteiger partial charge in [0.2, 0.25) is 5.91 Å². The van der Waals surface area contributed by atoms with Gasteiger partial charge in [-0.25, -0.2) is 4.79 Å². The summed E-state index contributed by atoms with van der Waals surface area (Å²) in [6, 6.07) is 21.1. The Morgan fingerprint density at radius 2 is 1.82 bits per heavy atom. The molecule has 1 N–H and O–H groups in total. The Hall–Kier alpha value is -3.65. The molecule has 0 saturated heterocycles. The van der Waals surface area contributed by atoms with Crippen molar-refractivity contribution in [3.63, 3.8) is 0 Å². The molecule has 1 fully saturated rings. The Morgan fingerprint density at radius 3 is 2.56 bits per heavy atom. The van der Waals surface area contributed by atoms with Gasteiger partial charge < -0.3 is 10.1 Å². The minimum atomic E-state index is -4.22. The van der Waals surface area contributed by atoms with Crippen LogP contribution in [0.15, 0.2) is 66.7 Å². The molecular weight excluding hydrogens is 505 g/mol. The van der Waals surface area contributed by atoms with Gasteiger partial charge in [0.05, 0.1) is 19.1 Å². The third-order valence-electron chi connectivity index (χ3n) is 7.70. The second-order valence-electron chi connectivity index (χ2n) is 10.3. The van der Waals surface area contributed by atoms with Crippen LogP contribution in [-0.2, 0) is 29.0 Å². The van der Waals surface area contributed by atoms with E-state index in [1.165, 1.54) is 7.11 Å². The molecule has 0 bridgehead atoms. The van der Waals surface area contributed by atoms with Gasteiger partial charge in [0.25, 0.3) is 0 Å². The zero-order valence-electron chi connectivity index (χ0n) is 21.8. The lowest BCUT2D eigenvalue weighted by Crippen LogP contribution is -2.35. The van der Waals surface area contributed by atoms with Gasteiger partial charge >= 0.3 is 12.1 Å². The van der Waals surface area contributed by atoms with Crippen LogP contribution in [0, 0.1) is 5.92 Å². The van der Waals surface area contributed by atoms with E-state index >= 15 is 0 Å². The molecule has 0 spiro atoms. The van der Waals surface area contributed by atoms with E-state index in [9.17, 15) is 22.8 Å². The van der Waals surface area contributed by atoms with Crippen LogP contribution in [0.25, 0.3) is 11.1 Å². The number of fused-ring (bicyclic) bond motifs is 1. The number of benzene rings is 3. The van der Waals surface area contributed by atoms with Crippen molar-refractivity contribution >= 4 is 11.9 Å².